The molecular weight excluding hydrogens is 206 g/mol. The van der Waals surface area contributed by atoms with Gasteiger partial charge in [0.05, 0.1) is 12.0 Å². The predicted octanol–water partition coefficient (Wildman–Crippen LogP) is 1.29. The van der Waals surface area contributed by atoms with E-state index in [1.807, 2.05) is 30.3 Å². The Kier molecular flexibility index (Phi) is 2.64. The summed E-state index contributed by atoms with van der Waals surface area (Å²) in [4.78, 5) is 24.2. The molecule has 2 atom stereocenters. The van der Waals surface area contributed by atoms with Crippen LogP contribution in [0.4, 0.5) is 0 Å². The molecule has 16 heavy (non-hydrogen) atoms. The Labute approximate surface area is 93.5 Å². The highest BCUT2D eigenvalue weighted by Crippen LogP contribution is 2.36. The van der Waals surface area contributed by atoms with Crippen LogP contribution in [0.5, 0.6) is 0 Å². The van der Waals surface area contributed by atoms with Gasteiger partial charge in [-0.3, -0.25) is 9.59 Å². The third-order valence-corrected chi connectivity index (χ3v) is 3.04. The lowest BCUT2D eigenvalue weighted by Gasteiger charge is -2.23. The van der Waals surface area contributed by atoms with Gasteiger partial charge in [0.25, 0.3) is 0 Å². The number of amides is 1. The first-order valence-corrected chi connectivity index (χ1v) is 5.14. The Balaban J connectivity index is 2.37. The standard InChI is InChI=1S/C12H13NO3/c1-13-10(14)7-9(12(15)16)11(13)8-5-3-2-4-6-8/h2-6,9,11H,7H2,1H3,(H,15,16)/t9?,11-/m0/s1. The van der Waals surface area contributed by atoms with E-state index in [0.717, 1.165) is 5.56 Å². The van der Waals surface area contributed by atoms with Crippen molar-refractivity contribution < 1.29 is 14.7 Å². The third-order valence-electron chi connectivity index (χ3n) is 3.04. The van der Waals surface area contributed by atoms with Gasteiger partial charge in [-0.15, -0.1) is 0 Å². The molecule has 1 fully saturated rings. The van der Waals surface area contributed by atoms with Gasteiger partial charge in [-0.05, 0) is 5.56 Å². The number of carbonyl (C=O) groups is 2. The van der Waals surface area contributed by atoms with E-state index in [1.54, 1.807) is 7.05 Å². The average molecular weight is 219 g/mol. The molecule has 0 aromatic heterocycles. The summed E-state index contributed by atoms with van der Waals surface area (Å²) < 4.78 is 0. The third kappa shape index (κ3) is 1.66. The van der Waals surface area contributed by atoms with Crippen molar-refractivity contribution in [2.24, 2.45) is 5.92 Å². The molecule has 1 aliphatic heterocycles. The Bertz CT molecular complexity index is 416. The Morgan fingerprint density at radius 3 is 2.56 bits per heavy atom. The first-order valence-electron chi connectivity index (χ1n) is 5.14. The average Bonchev–Trinajstić information content (AvgIpc) is 2.57. The van der Waals surface area contributed by atoms with E-state index in [1.165, 1.54) is 4.90 Å². The zero-order chi connectivity index (χ0) is 11.7. The zero-order valence-electron chi connectivity index (χ0n) is 8.96. The van der Waals surface area contributed by atoms with Crippen LogP contribution in [0.1, 0.15) is 18.0 Å². The summed E-state index contributed by atoms with van der Waals surface area (Å²) in [6.45, 7) is 0. The maximum absolute atomic E-state index is 11.5. The van der Waals surface area contributed by atoms with E-state index in [0.29, 0.717) is 0 Å². The zero-order valence-corrected chi connectivity index (χ0v) is 8.96. The fraction of sp³-hybridized carbons (Fsp3) is 0.333. The molecule has 1 aliphatic rings. The molecule has 1 amide bonds. The van der Waals surface area contributed by atoms with Gasteiger partial charge in [0.1, 0.15) is 0 Å². The lowest BCUT2D eigenvalue weighted by atomic mass is 9.94. The van der Waals surface area contributed by atoms with Crippen LogP contribution in [0.3, 0.4) is 0 Å². The molecule has 0 bridgehead atoms. The monoisotopic (exact) mass is 219 g/mol. The molecule has 0 spiro atoms. The van der Waals surface area contributed by atoms with Gasteiger partial charge in [-0.2, -0.15) is 0 Å². The molecule has 0 aliphatic carbocycles. The Morgan fingerprint density at radius 1 is 1.38 bits per heavy atom. The van der Waals surface area contributed by atoms with Crippen molar-refractivity contribution in [3.63, 3.8) is 0 Å². The molecule has 0 radical (unpaired) electrons. The van der Waals surface area contributed by atoms with E-state index < -0.39 is 11.9 Å². The van der Waals surface area contributed by atoms with Crippen LogP contribution in [-0.4, -0.2) is 28.9 Å². The second kappa shape index (κ2) is 3.96. The first kappa shape index (κ1) is 10.7. The number of carboxylic acid groups (broad SMARTS) is 1. The number of rotatable bonds is 2. The van der Waals surface area contributed by atoms with E-state index in [-0.39, 0.29) is 18.4 Å². The topological polar surface area (TPSA) is 57.6 Å². The van der Waals surface area contributed by atoms with E-state index >= 15 is 0 Å². The molecule has 2 rings (SSSR count). The summed E-state index contributed by atoms with van der Waals surface area (Å²) in [5.41, 5.74) is 0.878. The number of likely N-dealkylation sites (tertiary alicyclic amines) is 1. The van der Waals surface area contributed by atoms with Gasteiger partial charge in [0.2, 0.25) is 5.91 Å². The number of benzene rings is 1. The normalized spacial score (nSPS) is 24.8. The first-order chi connectivity index (χ1) is 7.61. The summed E-state index contributed by atoms with van der Waals surface area (Å²) in [6.07, 6.45) is 0.0887. The van der Waals surface area contributed by atoms with Crippen LogP contribution in [0.15, 0.2) is 30.3 Å². The van der Waals surface area contributed by atoms with Crippen LogP contribution in [-0.2, 0) is 9.59 Å². The highest BCUT2D eigenvalue weighted by molar-refractivity contribution is 5.87. The predicted molar refractivity (Wildman–Crippen MR) is 57.7 cm³/mol. The van der Waals surface area contributed by atoms with Crippen LogP contribution >= 0.6 is 0 Å². The minimum atomic E-state index is -0.911. The van der Waals surface area contributed by atoms with Gasteiger partial charge >= 0.3 is 5.97 Å². The van der Waals surface area contributed by atoms with Crippen LogP contribution in [0.2, 0.25) is 0 Å². The van der Waals surface area contributed by atoms with Gasteiger partial charge in [-0.25, -0.2) is 0 Å². The van der Waals surface area contributed by atoms with Crippen LogP contribution in [0, 0.1) is 5.92 Å². The molecule has 1 N–H and O–H groups in total. The van der Waals surface area contributed by atoms with Crippen molar-refractivity contribution in [3.05, 3.63) is 35.9 Å². The molecule has 4 heteroatoms. The lowest BCUT2D eigenvalue weighted by Crippen LogP contribution is -2.26. The number of carbonyl (C=O) groups excluding carboxylic acids is 1. The quantitative estimate of drug-likeness (QED) is 0.815. The van der Waals surface area contributed by atoms with Gasteiger partial charge in [0.15, 0.2) is 0 Å². The molecule has 1 aromatic rings. The number of hydrogen-bond donors (Lipinski definition) is 1. The fourth-order valence-corrected chi connectivity index (χ4v) is 2.20. The molecular formula is C12H13NO3. The van der Waals surface area contributed by atoms with E-state index in [2.05, 4.69) is 0 Å². The summed E-state index contributed by atoms with van der Waals surface area (Å²) in [6, 6.07) is 8.95. The van der Waals surface area contributed by atoms with Gasteiger partial charge in [-0.1, -0.05) is 30.3 Å². The largest absolute Gasteiger partial charge is 0.481 e. The molecule has 1 saturated heterocycles. The Hall–Kier alpha value is -1.84. The maximum atomic E-state index is 11.5. The molecule has 0 saturated carbocycles. The number of nitrogens with zero attached hydrogens (tertiary/aromatic N) is 1. The summed E-state index contributed by atoms with van der Waals surface area (Å²) in [5, 5.41) is 9.10. The second-order valence-corrected chi connectivity index (χ2v) is 4.01. The van der Waals surface area contributed by atoms with E-state index in [9.17, 15) is 9.59 Å². The number of hydrogen-bond acceptors (Lipinski definition) is 2. The van der Waals surface area contributed by atoms with E-state index in [4.69, 9.17) is 5.11 Å². The highest BCUT2D eigenvalue weighted by atomic mass is 16.4. The molecule has 1 aromatic carbocycles. The number of carboxylic acids is 1. The molecule has 84 valence electrons. The van der Waals surface area contributed by atoms with Crippen molar-refractivity contribution >= 4 is 11.9 Å². The van der Waals surface area contributed by atoms with Crippen LogP contribution in [0.25, 0.3) is 0 Å². The summed E-state index contributed by atoms with van der Waals surface area (Å²) >= 11 is 0. The number of aliphatic carboxylic acids is 1. The smallest absolute Gasteiger partial charge is 0.309 e. The van der Waals surface area contributed by atoms with Crippen molar-refractivity contribution in [3.8, 4) is 0 Å². The second-order valence-electron chi connectivity index (χ2n) is 4.01. The van der Waals surface area contributed by atoms with Crippen molar-refractivity contribution in [2.45, 2.75) is 12.5 Å². The van der Waals surface area contributed by atoms with Crippen molar-refractivity contribution in [1.29, 1.82) is 0 Å². The Morgan fingerprint density at radius 2 is 2.00 bits per heavy atom. The highest BCUT2D eigenvalue weighted by Gasteiger charge is 2.42. The fourth-order valence-electron chi connectivity index (χ4n) is 2.20. The summed E-state index contributed by atoms with van der Waals surface area (Å²) in [7, 11) is 1.66. The van der Waals surface area contributed by atoms with Gasteiger partial charge in [0, 0.05) is 13.5 Å². The van der Waals surface area contributed by atoms with Crippen molar-refractivity contribution in [1.82, 2.24) is 4.90 Å². The molecule has 1 unspecified atom stereocenters. The molecule has 4 nitrogen and oxygen atoms in total. The minimum absolute atomic E-state index is 0.0887. The SMILES string of the molecule is CN1C(=O)CC(C(=O)O)[C@@H]1c1ccccc1. The van der Waals surface area contributed by atoms with Crippen LogP contribution < -0.4 is 0 Å². The maximum Gasteiger partial charge on any atom is 0.309 e. The molecule has 1 heterocycles. The lowest BCUT2D eigenvalue weighted by molar-refractivity contribution is -0.142. The minimum Gasteiger partial charge on any atom is -0.481 e. The van der Waals surface area contributed by atoms with Gasteiger partial charge < -0.3 is 10.0 Å². The summed E-state index contributed by atoms with van der Waals surface area (Å²) in [5.74, 6) is -1.66. The van der Waals surface area contributed by atoms with Crippen molar-refractivity contribution in [2.75, 3.05) is 7.05 Å².